The number of carbonyl (C=O) groups is 2. The molecule has 2 aliphatic heterocycles. The van der Waals surface area contributed by atoms with Gasteiger partial charge in [0.1, 0.15) is 0 Å². The first-order chi connectivity index (χ1) is 24.3. The molecule has 2 aliphatic carbocycles. The second kappa shape index (κ2) is 15.6. The highest BCUT2D eigenvalue weighted by atomic mass is 79.9. The molecule has 0 bridgehead atoms. The number of alkyl halides is 6. The zero-order valence-corrected chi connectivity index (χ0v) is 31.0. The van der Waals surface area contributed by atoms with Crippen molar-refractivity contribution in [3.8, 4) is 0 Å². The molecule has 278 valence electrons. The molecule has 6 nitrogen and oxygen atoms in total. The predicted octanol–water partition coefficient (Wildman–Crippen LogP) is 11.0. The largest absolute Gasteiger partial charge is 0.416 e. The Hall–Kier alpha value is -3.87. The number of Topliss-reactive ketones (excluding diaryl/α,β-unsaturated/α-hetero) is 2. The molecule has 52 heavy (non-hydrogen) atoms. The summed E-state index contributed by atoms with van der Waals surface area (Å²) < 4.78 is 82.9. The maximum absolute atomic E-state index is 14.8. The van der Waals surface area contributed by atoms with E-state index in [0.29, 0.717) is 51.7 Å². The van der Waals surface area contributed by atoms with Gasteiger partial charge in [-0.15, -0.1) is 0 Å². The van der Waals surface area contributed by atoms with Crippen molar-refractivity contribution in [2.75, 3.05) is 0 Å². The lowest BCUT2D eigenvalue weighted by Crippen LogP contribution is -2.27. The number of fused-ring (bicyclic) bond motifs is 1. The van der Waals surface area contributed by atoms with Gasteiger partial charge in [-0.2, -0.15) is 31.5 Å². The van der Waals surface area contributed by atoms with Crippen molar-refractivity contribution in [1.29, 1.82) is 0 Å². The minimum atomic E-state index is -4.61. The van der Waals surface area contributed by atoms with E-state index in [1.807, 2.05) is 33.8 Å². The van der Waals surface area contributed by atoms with Crippen LogP contribution < -0.4 is 5.43 Å². The molecule has 0 saturated heterocycles. The lowest BCUT2D eigenvalue weighted by molar-refractivity contribution is -0.149. The average Bonchev–Trinajstić information content (AvgIpc) is 3.44. The van der Waals surface area contributed by atoms with Crippen LogP contribution in [-0.4, -0.2) is 47.8 Å². The summed E-state index contributed by atoms with van der Waals surface area (Å²) in [6.45, 7) is 7.97. The van der Waals surface area contributed by atoms with Crippen LogP contribution in [0, 0.1) is 12.3 Å². The van der Waals surface area contributed by atoms with Crippen LogP contribution in [0.25, 0.3) is 5.57 Å². The minimum Gasteiger partial charge on any atom is -0.289 e. The zero-order chi connectivity index (χ0) is 38.0. The third-order valence-corrected chi connectivity index (χ3v) is 10.0. The Balaban J connectivity index is 1.49. The van der Waals surface area contributed by atoms with Gasteiger partial charge in [-0.25, -0.2) is 0 Å². The van der Waals surface area contributed by atoms with Crippen molar-refractivity contribution in [3.05, 3.63) is 98.1 Å². The Morgan fingerprint density at radius 2 is 1.65 bits per heavy atom. The number of ketones is 2. The van der Waals surface area contributed by atoms with Gasteiger partial charge >= 0.3 is 12.4 Å². The van der Waals surface area contributed by atoms with Gasteiger partial charge < -0.3 is 0 Å². The van der Waals surface area contributed by atoms with Crippen molar-refractivity contribution >= 4 is 38.8 Å². The van der Waals surface area contributed by atoms with Gasteiger partial charge in [-0.1, -0.05) is 72.3 Å². The fourth-order valence-electron chi connectivity index (χ4n) is 6.83. The lowest BCUT2D eigenvalue weighted by atomic mass is 9.85. The number of aliphatic imine (C=N–C) groups is 1. The Bertz CT molecular complexity index is 1850. The number of allylic oxidation sites excluding steroid dienone is 11. The van der Waals surface area contributed by atoms with E-state index in [0.717, 1.165) is 11.6 Å². The van der Waals surface area contributed by atoms with Crippen molar-refractivity contribution in [1.82, 2.24) is 5.43 Å². The van der Waals surface area contributed by atoms with E-state index in [1.165, 1.54) is 24.3 Å². The summed E-state index contributed by atoms with van der Waals surface area (Å²) >= 11 is 3.47. The molecule has 0 amide bonds. The number of hydrogen-bond donors (Lipinski definition) is 1. The number of nitrogens with zero attached hydrogens (tertiary/aromatic N) is 3. The van der Waals surface area contributed by atoms with Gasteiger partial charge in [0, 0.05) is 44.1 Å². The highest BCUT2D eigenvalue weighted by molar-refractivity contribution is 9.10. The Morgan fingerprint density at radius 3 is 2.33 bits per heavy atom. The molecule has 5 rings (SSSR count). The third-order valence-electron chi connectivity index (χ3n) is 9.57. The first-order valence-corrected chi connectivity index (χ1v) is 18.1. The number of nitrogens with one attached hydrogen (secondary N) is 1. The number of halogens is 7. The van der Waals surface area contributed by atoms with Crippen LogP contribution in [0.5, 0.6) is 0 Å². The van der Waals surface area contributed by atoms with Crippen LogP contribution in [0.15, 0.2) is 96.8 Å². The number of benzene rings is 1. The van der Waals surface area contributed by atoms with Crippen LogP contribution in [-0.2, 0) is 4.79 Å². The van der Waals surface area contributed by atoms with Crippen LogP contribution in [0.4, 0.5) is 26.3 Å². The molecule has 1 N–H and O–H groups in total. The minimum absolute atomic E-state index is 0.0444. The summed E-state index contributed by atoms with van der Waals surface area (Å²) in [6, 6.07) is 0.400. The molecule has 4 aliphatic rings. The molecule has 0 fully saturated rings. The summed E-state index contributed by atoms with van der Waals surface area (Å²) in [7, 11) is 0. The quantitative estimate of drug-likeness (QED) is 0.240. The van der Waals surface area contributed by atoms with Crippen molar-refractivity contribution in [3.63, 3.8) is 0 Å². The average molecular weight is 792 g/mol. The Morgan fingerprint density at radius 1 is 0.942 bits per heavy atom. The maximum Gasteiger partial charge on any atom is 0.416 e. The molecule has 0 radical (unpaired) electrons. The molecule has 1 aromatic carbocycles. The molecule has 3 atom stereocenters. The van der Waals surface area contributed by atoms with E-state index in [-0.39, 0.29) is 54.4 Å². The molecule has 0 aromatic heterocycles. The fourth-order valence-corrected chi connectivity index (χ4v) is 7.40. The van der Waals surface area contributed by atoms with E-state index in [9.17, 15) is 35.9 Å². The predicted molar refractivity (Wildman–Crippen MR) is 193 cm³/mol. The smallest absolute Gasteiger partial charge is 0.289 e. The fraction of sp³-hybridized carbons (Fsp3) is 0.462. The summed E-state index contributed by atoms with van der Waals surface area (Å²) in [6.07, 6.45) is 2.51. The van der Waals surface area contributed by atoms with E-state index < -0.39 is 41.8 Å². The molecule has 0 saturated carbocycles. The highest BCUT2D eigenvalue weighted by Crippen LogP contribution is 2.43. The van der Waals surface area contributed by atoms with Crippen LogP contribution in [0.1, 0.15) is 93.6 Å². The second-order valence-corrected chi connectivity index (χ2v) is 15.7. The first-order valence-electron chi connectivity index (χ1n) is 17.3. The molecule has 1 aromatic rings. The van der Waals surface area contributed by atoms with Gasteiger partial charge in [0.25, 0.3) is 0 Å². The molecular formula is C39H41BrF6N4O2. The highest BCUT2D eigenvalue weighted by Gasteiger charge is 2.42. The standard InChI is InChI=1S/C39H41BrF6N4O2/c1-22-19-24(40)20-29-33(22)34(27(35(29)51)17-18-37(2,3)4)36(52)28-21-26(13-12-25-14-16-32(39(44,45)46)49-50-48-25)47-31(28)15-11-23-9-7-5-6-8-10-30(23)38(41,42)43/h5-10,19-21,25,31-32H,11-18H2,1-4H3,(H,48,49). The van der Waals surface area contributed by atoms with Gasteiger partial charge in [0.15, 0.2) is 17.6 Å². The van der Waals surface area contributed by atoms with Crippen LogP contribution in [0.2, 0.25) is 0 Å². The summed E-state index contributed by atoms with van der Waals surface area (Å²) in [5, 5.41) is 6.92. The second-order valence-electron chi connectivity index (χ2n) is 14.7. The number of rotatable bonds is 10. The van der Waals surface area contributed by atoms with Crippen molar-refractivity contribution < 1.29 is 35.9 Å². The normalized spacial score (nSPS) is 22.3. The topological polar surface area (TPSA) is 83.2 Å². The van der Waals surface area contributed by atoms with Crippen molar-refractivity contribution in [2.24, 2.45) is 20.7 Å². The van der Waals surface area contributed by atoms with Gasteiger partial charge in [-0.3, -0.25) is 20.0 Å². The Kier molecular flexibility index (Phi) is 11.8. The first kappa shape index (κ1) is 39.3. The van der Waals surface area contributed by atoms with E-state index in [4.69, 9.17) is 4.99 Å². The van der Waals surface area contributed by atoms with Gasteiger partial charge in [0.05, 0.1) is 11.6 Å². The van der Waals surface area contributed by atoms with E-state index in [1.54, 1.807) is 18.2 Å². The molecular weight excluding hydrogens is 750 g/mol. The molecule has 0 spiro atoms. The number of hydrogen-bond acceptors (Lipinski definition) is 6. The number of carbonyl (C=O) groups excluding carboxylic acids is 2. The molecule has 3 unspecified atom stereocenters. The van der Waals surface area contributed by atoms with E-state index >= 15 is 0 Å². The third kappa shape index (κ3) is 9.37. The monoisotopic (exact) mass is 790 g/mol. The summed E-state index contributed by atoms with van der Waals surface area (Å²) in [4.78, 5) is 33.5. The maximum atomic E-state index is 14.8. The molecule has 2 heterocycles. The lowest BCUT2D eigenvalue weighted by Gasteiger charge is -2.19. The van der Waals surface area contributed by atoms with Crippen molar-refractivity contribution in [2.45, 2.75) is 110 Å². The van der Waals surface area contributed by atoms with Gasteiger partial charge in [0.2, 0.25) is 0 Å². The van der Waals surface area contributed by atoms with Crippen LogP contribution >= 0.6 is 15.9 Å². The Labute approximate surface area is 307 Å². The van der Waals surface area contributed by atoms with E-state index in [2.05, 4.69) is 31.7 Å². The SMILES string of the molecule is Cc1cc(Br)cc2c1C(C(=O)C1=CC(CCC3CCC(C(F)(F)F)N=NN3)=NC1CCC1=C(C(F)(F)F)C=CC=CC=C1)=C(CCC(C)(C)C)C2=O. The molecule has 13 heteroatoms. The van der Waals surface area contributed by atoms with Crippen LogP contribution in [0.3, 0.4) is 0 Å². The zero-order valence-electron chi connectivity index (χ0n) is 29.4. The number of aryl methyl sites for hydroxylation is 1. The summed E-state index contributed by atoms with van der Waals surface area (Å²) in [5.41, 5.74) is 4.96. The van der Waals surface area contributed by atoms with Gasteiger partial charge in [-0.05, 0) is 99.1 Å². The summed E-state index contributed by atoms with van der Waals surface area (Å²) in [5.74, 6) is -0.630.